The highest BCUT2D eigenvalue weighted by atomic mass is 16.5. The Balaban J connectivity index is 2.34. The van der Waals surface area contributed by atoms with Gasteiger partial charge in [-0.05, 0) is 67.0 Å². The van der Waals surface area contributed by atoms with Gasteiger partial charge in [-0.15, -0.1) is 0 Å². The summed E-state index contributed by atoms with van der Waals surface area (Å²) in [5, 5.41) is 2.05. The Bertz CT molecular complexity index is 869. The topological polar surface area (TPSA) is 71.9 Å². The smallest absolute Gasteiger partial charge is 0.324 e. The number of hydrogen-bond acceptors (Lipinski definition) is 3. The quantitative estimate of drug-likeness (QED) is 0.492. The zero-order valence-corrected chi connectivity index (χ0v) is 14.1. The second kappa shape index (κ2) is 6.10. The first-order valence-corrected chi connectivity index (χ1v) is 7.95. The molecule has 0 aromatic heterocycles. The fourth-order valence-corrected chi connectivity index (χ4v) is 3.69. The zero-order valence-electron chi connectivity index (χ0n) is 14.1. The summed E-state index contributed by atoms with van der Waals surface area (Å²) >= 11 is 0. The van der Waals surface area contributed by atoms with Gasteiger partial charge in [-0.3, -0.25) is 4.79 Å². The van der Waals surface area contributed by atoms with Crippen LogP contribution in [0.5, 0.6) is 11.5 Å². The van der Waals surface area contributed by atoms with Gasteiger partial charge in [-0.2, -0.15) is 4.79 Å². The minimum Gasteiger partial charge on any atom is -0.497 e. The minimum atomic E-state index is -0.718. The lowest BCUT2D eigenvalue weighted by Gasteiger charge is -2.34. The normalized spacial score (nSPS) is 19.3. The molecule has 0 heterocycles. The number of Topliss-reactive ketones (excluding diaryl/α,β-unsaturated/α-hetero) is 1. The summed E-state index contributed by atoms with van der Waals surface area (Å²) in [6, 6.07) is 7.83. The molecule has 0 amide bonds. The molecule has 5 heteroatoms. The SMILES string of the molecule is COc1ccc2c(OC)cc3c(c2c1)CCCC3(C)C(=O)C=[N+]=[N-]. The van der Waals surface area contributed by atoms with Crippen molar-refractivity contribution >= 4 is 22.8 Å². The van der Waals surface area contributed by atoms with Crippen molar-refractivity contribution in [2.24, 2.45) is 0 Å². The first-order chi connectivity index (χ1) is 11.5. The third-order valence-corrected chi connectivity index (χ3v) is 5.05. The van der Waals surface area contributed by atoms with Crippen LogP contribution in [0.4, 0.5) is 0 Å². The van der Waals surface area contributed by atoms with Crippen molar-refractivity contribution < 1.29 is 19.1 Å². The molecule has 0 fully saturated rings. The van der Waals surface area contributed by atoms with E-state index in [1.165, 1.54) is 0 Å². The lowest BCUT2D eigenvalue weighted by Crippen LogP contribution is -2.37. The highest BCUT2D eigenvalue weighted by Crippen LogP contribution is 2.44. The summed E-state index contributed by atoms with van der Waals surface area (Å²) in [5.74, 6) is 1.30. The minimum absolute atomic E-state index is 0.199. The van der Waals surface area contributed by atoms with E-state index in [1.54, 1.807) is 14.2 Å². The molecular weight excluding hydrogens is 304 g/mol. The Hall–Kier alpha value is -2.65. The fraction of sp³-hybridized carbons (Fsp3) is 0.368. The average Bonchev–Trinajstić information content (AvgIpc) is 2.61. The zero-order chi connectivity index (χ0) is 17.3. The van der Waals surface area contributed by atoms with Crippen molar-refractivity contribution in [3.8, 4) is 11.5 Å². The van der Waals surface area contributed by atoms with Gasteiger partial charge in [-0.1, -0.05) is 0 Å². The molecule has 0 N–H and O–H groups in total. The molecule has 2 aromatic rings. The van der Waals surface area contributed by atoms with Crippen molar-refractivity contribution in [2.45, 2.75) is 31.6 Å². The van der Waals surface area contributed by atoms with Crippen LogP contribution < -0.4 is 9.47 Å². The van der Waals surface area contributed by atoms with Gasteiger partial charge in [0.2, 0.25) is 5.78 Å². The Morgan fingerprint density at radius 3 is 2.71 bits per heavy atom. The number of benzene rings is 2. The van der Waals surface area contributed by atoms with Crippen LogP contribution in [-0.2, 0) is 16.6 Å². The summed E-state index contributed by atoms with van der Waals surface area (Å²) in [6.07, 6.45) is 3.50. The van der Waals surface area contributed by atoms with E-state index in [4.69, 9.17) is 15.0 Å². The molecule has 0 radical (unpaired) electrons. The van der Waals surface area contributed by atoms with Crippen molar-refractivity contribution in [2.75, 3.05) is 14.2 Å². The number of aryl methyl sites for hydroxylation is 1. The fourth-order valence-electron chi connectivity index (χ4n) is 3.69. The maximum Gasteiger partial charge on any atom is 0.324 e. The Kier molecular flexibility index (Phi) is 4.12. The van der Waals surface area contributed by atoms with Gasteiger partial charge >= 0.3 is 6.21 Å². The molecule has 0 saturated carbocycles. The number of fused-ring (bicyclic) bond motifs is 3. The van der Waals surface area contributed by atoms with E-state index >= 15 is 0 Å². The monoisotopic (exact) mass is 324 g/mol. The van der Waals surface area contributed by atoms with Crippen molar-refractivity contribution in [3.63, 3.8) is 0 Å². The number of ketones is 1. The third-order valence-electron chi connectivity index (χ3n) is 5.05. The number of hydrogen-bond donors (Lipinski definition) is 0. The molecule has 0 spiro atoms. The van der Waals surface area contributed by atoms with Gasteiger partial charge in [0.05, 0.1) is 19.6 Å². The number of rotatable bonds is 4. The van der Waals surface area contributed by atoms with Crippen LogP contribution in [0.1, 0.15) is 30.9 Å². The average molecular weight is 324 g/mol. The van der Waals surface area contributed by atoms with Crippen LogP contribution in [0.2, 0.25) is 0 Å². The number of methoxy groups -OCH3 is 2. The molecule has 1 atom stereocenters. The van der Waals surface area contributed by atoms with E-state index < -0.39 is 5.41 Å². The van der Waals surface area contributed by atoms with Gasteiger partial charge in [0.25, 0.3) is 0 Å². The number of nitrogens with zero attached hydrogens (tertiary/aromatic N) is 2. The van der Waals surface area contributed by atoms with Gasteiger partial charge in [-0.25, -0.2) is 0 Å². The second-order valence-electron chi connectivity index (χ2n) is 6.31. The maximum absolute atomic E-state index is 12.6. The van der Waals surface area contributed by atoms with Crippen LogP contribution in [0.15, 0.2) is 24.3 Å². The Labute approximate surface area is 140 Å². The summed E-state index contributed by atoms with van der Waals surface area (Å²) in [7, 11) is 3.27. The van der Waals surface area contributed by atoms with Gasteiger partial charge in [0.15, 0.2) is 0 Å². The van der Waals surface area contributed by atoms with Gasteiger partial charge in [0, 0.05) is 5.39 Å². The second-order valence-corrected chi connectivity index (χ2v) is 6.31. The van der Waals surface area contributed by atoms with E-state index in [9.17, 15) is 4.79 Å². The van der Waals surface area contributed by atoms with Crippen LogP contribution >= 0.6 is 0 Å². The number of ether oxygens (including phenoxy) is 2. The summed E-state index contributed by atoms with van der Waals surface area (Å²) in [6.45, 7) is 1.90. The molecule has 5 nitrogen and oxygen atoms in total. The molecular formula is C19H20N2O3. The lowest BCUT2D eigenvalue weighted by atomic mass is 9.68. The molecule has 1 unspecified atom stereocenters. The molecule has 3 rings (SSSR count). The molecule has 124 valence electrons. The molecule has 1 aliphatic rings. The number of carbonyl (C=O) groups is 1. The Morgan fingerprint density at radius 2 is 2.04 bits per heavy atom. The highest BCUT2D eigenvalue weighted by molar-refractivity contribution is 6.29. The molecule has 1 aliphatic carbocycles. The first kappa shape index (κ1) is 16.2. The highest BCUT2D eigenvalue weighted by Gasteiger charge is 2.41. The Morgan fingerprint density at radius 1 is 1.25 bits per heavy atom. The number of carbonyl (C=O) groups excluding carboxylic acids is 1. The van der Waals surface area contributed by atoms with E-state index in [-0.39, 0.29) is 5.78 Å². The van der Waals surface area contributed by atoms with Crippen molar-refractivity contribution in [1.29, 1.82) is 0 Å². The molecule has 0 bridgehead atoms. The third kappa shape index (κ3) is 2.38. The van der Waals surface area contributed by atoms with E-state index in [2.05, 4.69) is 4.79 Å². The predicted octanol–water partition coefficient (Wildman–Crippen LogP) is 3.32. The van der Waals surface area contributed by atoms with Crippen molar-refractivity contribution in [1.82, 2.24) is 0 Å². The van der Waals surface area contributed by atoms with E-state index in [0.29, 0.717) is 6.42 Å². The van der Waals surface area contributed by atoms with Gasteiger partial charge < -0.3 is 15.0 Å². The lowest BCUT2D eigenvalue weighted by molar-refractivity contribution is -0.121. The van der Waals surface area contributed by atoms with Gasteiger partial charge in [0.1, 0.15) is 11.5 Å². The van der Waals surface area contributed by atoms with E-state index in [0.717, 1.165) is 52.5 Å². The summed E-state index contributed by atoms with van der Waals surface area (Å²) in [4.78, 5) is 15.5. The van der Waals surface area contributed by atoms with E-state index in [1.807, 2.05) is 31.2 Å². The van der Waals surface area contributed by atoms with Crippen molar-refractivity contribution in [3.05, 3.63) is 40.9 Å². The van der Waals surface area contributed by atoms with Crippen LogP contribution in [0.25, 0.3) is 16.3 Å². The van der Waals surface area contributed by atoms with Crippen LogP contribution in [-0.4, -0.2) is 31.0 Å². The molecule has 2 aromatic carbocycles. The summed E-state index contributed by atoms with van der Waals surface area (Å²) < 4.78 is 10.9. The molecule has 0 saturated heterocycles. The van der Waals surface area contributed by atoms with Crippen LogP contribution in [0.3, 0.4) is 0 Å². The summed E-state index contributed by atoms with van der Waals surface area (Å²) in [5.41, 5.74) is 10.1. The van der Waals surface area contributed by atoms with Crippen LogP contribution in [0, 0.1) is 0 Å². The molecule has 0 aliphatic heterocycles. The molecule has 24 heavy (non-hydrogen) atoms. The predicted molar refractivity (Wildman–Crippen MR) is 92.0 cm³/mol. The standard InChI is InChI=1S/C19H20N2O3/c1-19(18(22)11-21-20)8-4-5-13-15-9-12(23-2)6-7-14(15)17(24-3)10-16(13)19/h6-7,9-11H,4-5,8H2,1-3H3. The first-order valence-electron chi connectivity index (χ1n) is 7.95. The largest absolute Gasteiger partial charge is 0.497 e. The maximum atomic E-state index is 12.6.